The van der Waals surface area contributed by atoms with Gasteiger partial charge < -0.3 is 0 Å². The van der Waals surface area contributed by atoms with E-state index in [0.29, 0.717) is 0 Å². The molecule has 0 N–H and O–H groups in total. The Bertz CT molecular complexity index is 2010. The molecular weight excluding hydrogens is 384 g/mol. The van der Waals surface area contributed by atoms with Gasteiger partial charge in [-0.05, 0) is 93.6 Å². The van der Waals surface area contributed by atoms with Gasteiger partial charge in [0.1, 0.15) is 0 Å². The van der Waals surface area contributed by atoms with Gasteiger partial charge in [0.25, 0.3) is 0 Å². The molecule has 0 unspecified atom stereocenters. The molecule has 0 aliphatic rings. The fourth-order valence-corrected chi connectivity index (χ4v) is 6.02. The Labute approximate surface area is 184 Å². The van der Waals surface area contributed by atoms with Crippen LogP contribution in [0, 0.1) is 0 Å². The van der Waals surface area contributed by atoms with Crippen LogP contribution >= 0.6 is 0 Å². The van der Waals surface area contributed by atoms with Crippen molar-refractivity contribution in [2.24, 2.45) is 0 Å². The maximum atomic E-state index is 2.42. The lowest BCUT2D eigenvalue weighted by molar-refractivity contribution is 1.79. The molecular formula is C32H18. The summed E-state index contributed by atoms with van der Waals surface area (Å²) in [6, 6.07) is 40.5. The molecule has 0 aliphatic heterocycles. The number of hydrogen-bond acceptors (Lipinski definition) is 0. The molecule has 0 saturated heterocycles. The summed E-state index contributed by atoms with van der Waals surface area (Å²) in [7, 11) is 0. The van der Waals surface area contributed by atoms with Gasteiger partial charge in [-0.3, -0.25) is 0 Å². The highest BCUT2D eigenvalue weighted by molar-refractivity contribution is 6.43. The zero-order valence-electron chi connectivity index (χ0n) is 17.4. The second-order valence-corrected chi connectivity index (χ2v) is 8.92. The van der Waals surface area contributed by atoms with Gasteiger partial charge in [0.05, 0.1) is 0 Å². The van der Waals surface area contributed by atoms with E-state index in [9.17, 15) is 0 Å². The quantitative estimate of drug-likeness (QED) is 0.175. The molecule has 0 amide bonds. The SMILES string of the molecule is c1ccc2c(c1)cc1c3c4ccccc4cc4cccc(c43)c3c4ccccc4cc2c13. The van der Waals surface area contributed by atoms with E-state index in [1.165, 1.54) is 75.4 Å². The summed E-state index contributed by atoms with van der Waals surface area (Å²) in [5.41, 5.74) is 0. The largest absolute Gasteiger partial charge is 0.0616 e. The number of hydrogen-bond donors (Lipinski definition) is 0. The average molecular weight is 402 g/mol. The lowest BCUT2D eigenvalue weighted by atomic mass is 9.83. The smallest absolute Gasteiger partial charge is 0.00132 e. The summed E-state index contributed by atoms with van der Waals surface area (Å²) in [6.07, 6.45) is 0. The van der Waals surface area contributed by atoms with Crippen molar-refractivity contribution in [1.82, 2.24) is 0 Å². The van der Waals surface area contributed by atoms with E-state index in [0.717, 1.165) is 0 Å². The third kappa shape index (κ3) is 1.93. The minimum Gasteiger partial charge on any atom is -0.0616 e. The Morgan fingerprint density at radius 3 is 1.47 bits per heavy atom. The van der Waals surface area contributed by atoms with Crippen LogP contribution in [0.4, 0.5) is 0 Å². The maximum Gasteiger partial charge on any atom is -0.00132 e. The van der Waals surface area contributed by atoms with E-state index in [4.69, 9.17) is 0 Å². The summed E-state index contributed by atoms with van der Waals surface area (Å²) >= 11 is 0. The standard InChI is InChI=1S/C32H18/c1-4-12-23-20(9-1)18-28-31-24-13-5-2-8-19(24)16-22-11-7-15-26(29(22)31)30-25-14-6-3-10-21(25)17-27(23)32(28)30/h1-18H. The van der Waals surface area contributed by atoms with Crippen LogP contribution in [0.15, 0.2) is 109 Å². The summed E-state index contributed by atoms with van der Waals surface area (Å²) < 4.78 is 0. The van der Waals surface area contributed by atoms with Crippen LogP contribution in [-0.4, -0.2) is 0 Å². The lowest BCUT2D eigenvalue weighted by Gasteiger charge is -2.19. The van der Waals surface area contributed by atoms with Crippen LogP contribution in [0.2, 0.25) is 0 Å². The molecule has 8 aromatic rings. The molecule has 32 heavy (non-hydrogen) atoms. The zero-order valence-corrected chi connectivity index (χ0v) is 17.4. The van der Waals surface area contributed by atoms with E-state index < -0.39 is 0 Å². The molecule has 146 valence electrons. The third-order valence-corrected chi connectivity index (χ3v) is 7.30. The van der Waals surface area contributed by atoms with E-state index in [1.807, 2.05) is 0 Å². The first-order chi connectivity index (χ1) is 15.9. The van der Waals surface area contributed by atoms with Gasteiger partial charge in [-0.15, -0.1) is 0 Å². The van der Waals surface area contributed by atoms with Gasteiger partial charge in [0, 0.05) is 0 Å². The van der Waals surface area contributed by atoms with Gasteiger partial charge in [-0.25, -0.2) is 0 Å². The zero-order chi connectivity index (χ0) is 20.8. The molecule has 0 aliphatic carbocycles. The first-order valence-electron chi connectivity index (χ1n) is 11.2. The molecule has 0 bridgehead atoms. The van der Waals surface area contributed by atoms with Gasteiger partial charge in [0.15, 0.2) is 0 Å². The number of fused-ring (bicyclic) bond motifs is 8. The molecule has 0 atom stereocenters. The van der Waals surface area contributed by atoms with Crippen molar-refractivity contribution in [3.8, 4) is 0 Å². The molecule has 0 spiro atoms. The highest BCUT2D eigenvalue weighted by Gasteiger charge is 2.18. The molecule has 8 aromatic carbocycles. The average Bonchev–Trinajstić information content (AvgIpc) is 2.85. The molecule has 0 aromatic heterocycles. The minimum atomic E-state index is 1.30. The van der Waals surface area contributed by atoms with Crippen molar-refractivity contribution in [3.63, 3.8) is 0 Å². The Kier molecular flexibility index (Phi) is 2.97. The first kappa shape index (κ1) is 16.5. The van der Waals surface area contributed by atoms with Crippen molar-refractivity contribution in [1.29, 1.82) is 0 Å². The summed E-state index contributed by atoms with van der Waals surface area (Å²) in [4.78, 5) is 0. The number of benzene rings is 8. The van der Waals surface area contributed by atoms with Crippen LogP contribution in [0.25, 0.3) is 75.4 Å². The van der Waals surface area contributed by atoms with E-state index in [1.54, 1.807) is 0 Å². The molecule has 0 heterocycles. The second kappa shape index (κ2) is 5.75. The topological polar surface area (TPSA) is 0 Å². The Balaban J connectivity index is 1.88. The van der Waals surface area contributed by atoms with E-state index in [2.05, 4.69) is 109 Å². The van der Waals surface area contributed by atoms with Crippen molar-refractivity contribution in [2.75, 3.05) is 0 Å². The molecule has 0 fully saturated rings. The summed E-state index contributed by atoms with van der Waals surface area (Å²) in [6.45, 7) is 0. The van der Waals surface area contributed by atoms with Crippen LogP contribution < -0.4 is 0 Å². The van der Waals surface area contributed by atoms with E-state index in [-0.39, 0.29) is 0 Å². The van der Waals surface area contributed by atoms with Gasteiger partial charge in [-0.2, -0.15) is 0 Å². The van der Waals surface area contributed by atoms with Crippen molar-refractivity contribution >= 4 is 75.4 Å². The van der Waals surface area contributed by atoms with Gasteiger partial charge in [-0.1, -0.05) is 91.0 Å². The van der Waals surface area contributed by atoms with E-state index >= 15 is 0 Å². The fraction of sp³-hybridized carbons (Fsp3) is 0. The highest BCUT2D eigenvalue weighted by atomic mass is 14.2. The van der Waals surface area contributed by atoms with Crippen molar-refractivity contribution in [2.45, 2.75) is 0 Å². The summed E-state index contributed by atoms with van der Waals surface area (Å²) in [5, 5.41) is 18.8. The molecule has 0 saturated carbocycles. The Hall–Kier alpha value is -4.16. The Morgan fingerprint density at radius 1 is 0.250 bits per heavy atom. The number of rotatable bonds is 0. The predicted octanol–water partition coefficient (Wildman–Crippen LogP) is 9.20. The van der Waals surface area contributed by atoms with Crippen molar-refractivity contribution in [3.05, 3.63) is 109 Å². The van der Waals surface area contributed by atoms with Gasteiger partial charge in [0.2, 0.25) is 0 Å². The van der Waals surface area contributed by atoms with Crippen LogP contribution in [0.5, 0.6) is 0 Å². The Morgan fingerprint density at radius 2 is 0.719 bits per heavy atom. The summed E-state index contributed by atoms with van der Waals surface area (Å²) in [5.74, 6) is 0. The van der Waals surface area contributed by atoms with Crippen LogP contribution in [0.3, 0.4) is 0 Å². The monoisotopic (exact) mass is 402 g/mol. The van der Waals surface area contributed by atoms with Crippen LogP contribution in [0.1, 0.15) is 0 Å². The molecule has 0 heteroatoms. The maximum absolute atomic E-state index is 2.42. The van der Waals surface area contributed by atoms with Crippen molar-refractivity contribution < 1.29 is 0 Å². The van der Waals surface area contributed by atoms with Crippen LogP contribution in [-0.2, 0) is 0 Å². The lowest BCUT2D eigenvalue weighted by Crippen LogP contribution is -1.91. The molecule has 0 nitrogen and oxygen atoms in total. The third-order valence-electron chi connectivity index (χ3n) is 7.30. The highest BCUT2D eigenvalue weighted by Crippen LogP contribution is 2.47. The minimum absolute atomic E-state index is 1.30. The van der Waals surface area contributed by atoms with Gasteiger partial charge >= 0.3 is 0 Å². The predicted molar refractivity (Wildman–Crippen MR) is 140 cm³/mol. The molecule has 0 radical (unpaired) electrons. The first-order valence-corrected chi connectivity index (χ1v) is 11.2. The molecule has 8 rings (SSSR count). The normalized spacial score (nSPS) is 12.4. The fourth-order valence-electron chi connectivity index (χ4n) is 6.02. The second-order valence-electron chi connectivity index (χ2n) is 8.92.